The SMILES string of the molecule is O=C(NCCNC(=O)C1SC=CC1Cl)c1ccc(O[C@H]2CC[C@@H](C(=O)O)CC2)c(F)c1F. The van der Waals surface area contributed by atoms with E-state index in [4.69, 9.17) is 21.4 Å². The van der Waals surface area contributed by atoms with Crippen molar-refractivity contribution in [3.63, 3.8) is 0 Å². The number of hydrogen-bond acceptors (Lipinski definition) is 5. The van der Waals surface area contributed by atoms with E-state index in [1.807, 2.05) is 0 Å². The molecule has 2 atom stereocenters. The van der Waals surface area contributed by atoms with Crippen molar-refractivity contribution in [2.45, 2.75) is 42.4 Å². The molecule has 1 aliphatic carbocycles. The smallest absolute Gasteiger partial charge is 0.306 e. The van der Waals surface area contributed by atoms with E-state index in [1.165, 1.54) is 17.8 Å². The summed E-state index contributed by atoms with van der Waals surface area (Å²) in [5, 5.41) is 15.0. The Hall–Kier alpha value is -2.33. The average Bonchev–Trinajstić information content (AvgIpc) is 3.20. The fourth-order valence-electron chi connectivity index (χ4n) is 3.55. The third-order valence-corrected chi connectivity index (χ3v) is 7.02. The van der Waals surface area contributed by atoms with Crippen LogP contribution in [0.2, 0.25) is 0 Å². The molecule has 3 rings (SSSR count). The Morgan fingerprint density at radius 2 is 1.78 bits per heavy atom. The molecule has 1 heterocycles. The molecule has 2 unspecified atom stereocenters. The Morgan fingerprint density at radius 3 is 2.41 bits per heavy atom. The van der Waals surface area contributed by atoms with Gasteiger partial charge in [-0.05, 0) is 43.2 Å². The highest BCUT2D eigenvalue weighted by atomic mass is 35.5. The number of carbonyl (C=O) groups is 3. The number of thioether (sulfide) groups is 1. The fraction of sp³-hybridized carbons (Fsp3) is 0.476. The molecule has 0 saturated heterocycles. The highest BCUT2D eigenvalue weighted by Gasteiger charge is 2.29. The van der Waals surface area contributed by atoms with Gasteiger partial charge >= 0.3 is 5.97 Å². The van der Waals surface area contributed by atoms with E-state index >= 15 is 0 Å². The quantitative estimate of drug-likeness (QED) is 0.384. The van der Waals surface area contributed by atoms with Gasteiger partial charge in [0.15, 0.2) is 11.6 Å². The lowest BCUT2D eigenvalue weighted by atomic mass is 9.87. The van der Waals surface area contributed by atoms with Gasteiger partial charge in [-0.25, -0.2) is 4.39 Å². The Kier molecular flexibility index (Phi) is 8.36. The summed E-state index contributed by atoms with van der Waals surface area (Å²) in [7, 11) is 0. The number of halogens is 3. The van der Waals surface area contributed by atoms with E-state index < -0.39 is 51.7 Å². The van der Waals surface area contributed by atoms with Crippen LogP contribution in [-0.4, -0.2) is 52.7 Å². The highest BCUT2D eigenvalue weighted by molar-refractivity contribution is 8.03. The second-order valence-electron chi connectivity index (χ2n) is 7.55. The van der Waals surface area contributed by atoms with E-state index in [2.05, 4.69) is 10.6 Å². The summed E-state index contributed by atoms with van der Waals surface area (Å²) in [4.78, 5) is 35.2. The number of rotatable bonds is 8. The second-order valence-corrected chi connectivity index (χ2v) is 9.10. The summed E-state index contributed by atoms with van der Waals surface area (Å²) in [5.74, 6) is -5.33. The molecule has 2 amide bonds. The number of allylic oxidation sites excluding steroid dienone is 1. The van der Waals surface area contributed by atoms with Gasteiger partial charge in [0.05, 0.1) is 23.0 Å². The average molecular weight is 489 g/mol. The summed E-state index contributed by atoms with van der Waals surface area (Å²) < 4.78 is 34.4. The number of carbonyl (C=O) groups excluding carboxylic acids is 2. The van der Waals surface area contributed by atoms with Crippen LogP contribution < -0.4 is 15.4 Å². The Morgan fingerprint density at radius 1 is 1.09 bits per heavy atom. The maximum atomic E-state index is 14.4. The molecule has 0 aromatic heterocycles. The molecule has 7 nitrogen and oxygen atoms in total. The lowest BCUT2D eigenvalue weighted by molar-refractivity contribution is -0.143. The lowest BCUT2D eigenvalue weighted by Gasteiger charge is -2.27. The number of carboxylic acids is 1. The number of amides is 2. The topological polar surface area (TPSA) is 105 Å². The maximum absolute atomic E-state index is 14.4. The van der Waals surface area contributed by atoms with Gasteiger partial charge < -0.3 is 20.5 Å². The van der Waals surface area contributed by atoms with Crippen molar-refractivity contribution < 1.29 is 33.0 Å². The van der Waals surface area contributed by atoms with E-state index in [9.17, 15) is 23.2 Å². The predicted octanol–water partition coefficient (Wildman–Crippen LogP) is 3.07. The van der Waals surface area contributed by atoms with Crippen molar-refractivity contribution >= 4 is 41.1 Å². The highest BCUT2D eigenvalue weighted by Crippen LogP contribution is 2.30. The minimum atomic E-state index is -1.33. The minimum Gasteiger partial charge on any atom is -0.487 e. The van der Waals surface area contributed by atoms with Crippen molar-refractivity contribution in [3.8, 4) is 5.75 Å². The Bertz CT molecular complexity index is 908. The van der Waals surface area contributed by atoms with Gasteiger partial charge in [-0.3, -0.25) is 14.4 Å². The van der Waals surface area contributed by atoms with Crippen molar-refractivity contribution in [2.24, 2.45) is 5.92 Å². The van der Waals surface area contributed by atoms with Crippen LogP contribution in [0.25, 0.3) is 0 Å². The standard InChI is InChI=1S/C21H23ClF2N2O5S/c22-14-7-10-32-18(14)20(28)26-9-8-25-19(27)13-5-6-15(17(24)16(13)23)31-12-3-1-11(2-4-12)21(29)30/h5-7,10-12,14,18H,1-4,8-9H2,(H,25,27)(H,26,28)(H,29,30)/t11-,12+,14?,18?. The third kappa shape index (κ3) is 5.92. The van der Waals surface area contributed by atoms with Crippen LogP contribution in [0.5, 0.6) is 5.75 Å². The molecule has 0 bridgehead atoms. The van der Waals surface area contributed by atoms with Crippen LogP contribution in [0, 0.1) is 17.6 Å². The van der Waals surface area contributed by atoms with Crippen LogP contribution in [0.15, 0.2) is 23.6 Å². The number of ether oxygens (including phenoxy) is 1. The van der Waals surface area contributed by atoms with Gasteiger partial charge in [0, 0.05) is 13.1 Å². The minimum absolute atomic E-state index is 0.0223. The van der Waals surface area contributed by atoms with Crippen LogP contribution >= 0.6 is 23.4 Å². The number of carboxylic acid groups (broad SMARTS) is 1. The zero-order valence-corrected chi connectivity index (χ0v) is 18.6. The van der Waals surface area contributed by atoms with Crippen LogP contribution in [0.1, 0.15) is 36.0 Å². The molecule has 2 aliphatic rings. The lowest BCUT2D eigenvalue weighted by Crippen LogP contribution is -2.40. The van der Waals surface area contributed by atoms with E-state index in [0.717, 1.165) is 6.07 Å². The molecule has 1 aromatic carbocycles. The van der Waals surface area contributed by atoms with Gasteiger partial charge in [0.1, 0.15) is 5.25 Å². The molecule has 32 heavy (non-hydrogen) atoms. The third-order valence-electron chi connectivity index (χ3n) is 5.35. The first kappa shape index (κ1) is 24.3. The van der Waals surface area contributed by atoms with Crippen LogP contribution in [0.4, 0.5) is 8.78 Å². The van der Waals surface area contributed by atoms with Crippen molar-refractivity contribution in [1.29, 1.82) is 0 Å². The molecule has 3 N–H and O–H groups in total. The molecule has 174 valence electrons. The number of nitrogens with one attached hydrogen (secondary N) is 2. The zero-order valence-electron chi connectivity index (χ0n) is 17.0. The largest absolute Gasteiger partial charge is 0.487 e. The maximum Gasteiger partial charge on any atom is 0.306 e. The number of hydrogen-bond donors (Lipinski definition) is 3. The second kappa shape index (κ2) is 11.0. The van der Waals surface area contributed by atoms with Gasteiger partial charge in [-0.1, -0.05) is 6.08 Å². The zero-order chi connectivity index (χ0) is 23.3. The molecular weight excluding hydrogens is 466 g/mol. The summed E-state index contributed by atoms with van der Waals surface area (Å²) in [6.07, 6.45) is 2.95. The van der Waals surface area contributed by atoms with Crippen molar-refractivity contribution in [1.82, 2.24) is 10.6 Å². The molecular formula is C21H23ClF2N2O5S. The van der Waals surface area contributed by atoms with Gasteiger partial charge in [0.2, 0.25) is 11.7 Å². The Balaban J connectivity index is 1.48. The fourth-order valence-corrected chi connectivity index (χ4v) is 4.88. The number of aliphatic carboxylic acids is 1. The normalized spacial score (nSPS) is 24.7. The van der Waals surface area contributed by atoms with Gasteiger partial charge in [-0.15, -0.1) is 23.4 Å². The number of alkyl halides is 1. The number of benzene rings is 1. The monoisotopic (exact) mass is 488 g/mol. The molecule has 1 saturated carbocycles. The first-order valence-electron chi connectivity index (χ1n) is 10.2. The van der Waals surface area contributed by atoms with E-state index in [-0.39, 0.29) is 24.7 Å². The summed E-state index contributed by atoms with van der Waals surface area (Å²) >= 11 is 7.29. The summed E-state index contributed by atoms with van der Waals surface area (Å²) in [5.41, 5.74) is -0.480. The van der Waals surface area contributed by atoms with Gasteiger partial charge in [0.25, 0.3) is 5.91 Å². The van der Waals surface area contributed by atoms with Crippen molar-refractivity contribution in [2.75, 3.05) is 13.1 Å². The van der Waals surface area contributed by atoms with E-state index in [0.29, 0.717) is 25.7 Å². The first-order chi connectivity index (χ1) is 15.3. The molecule has 11 heteroatoms. The Labute approximate surface area is 192 Å². The van der Waals surface area contributed by atoms with E-state index in [1.54, 1.807) is 11.5 Å². The molecule has 1 fully saturated rings. The van der Waals surface area contributed by atoms with Gasteiger partial charge in [-0.2, -0.15) is 4.39 Å². The van der Waals surface area contributed by atoms with Crippen molar-refractivity contribution in [3.05, 3.63) is 40.8 Å². The molecule has 0 radical (unpaired) electrons. The molecule has 1 aliphatic heterocycles. The van der Waals surface area contributed by atoms with Crippen LogP contribution in [0.3, 0.4) is 0 Å². The van der Waals surface area contributed by atoms with Crippen LogP contribution in [-0.2, 0) is 9.59 Å². The first-order valence-corrected chi connectivity index (χ1v) is 11.6. The summed E-state index contributed by atoms with van der Waals surface area (Å²) in [6.45, 7) is 0.129. The summed E-state index contributed by atoms with van der Waals surface area (Å²) in [6, 6.07) is 2.31. The molecule has 1 aromatic rings. The predicted molar refractivity (Wildman–Crippen MR) is 116 cm³/mol. The molecule has 0 spiro atoms.